The number of esters is 1. The third kappa shape index (κ3) is 2.15. The van der Waals surface area contributed by atoms with E-state index in [0.29, 0.717) is 11.0 Å². The van der Waals surface area contributed by atoms with Crippen LogP contribution < -0.4 is 0 Å². The topological polar surface area (TPSA) is 93.9 Å². The molecule has 0 saturated heterocycles. The first-order valence-electron chi connectivity index (χ1n) is 5.30. The number of hydrogen-bond donors (Lipinski definition) is 1. The summed E-state index contributed by atoms with van der Waals surface area (Å²) in [5, 5.41) is 13.4. The molecule has 19 heavy (non-hydrogen) atoms. The Morgan fingerprint density at radius 2 is 2.37 bits per heavy atom. The highest BCUT2D eigenvalue weighted by atomic mass is 19.1. The largest absolute Gasteiger partial charge is 0.464 e. The first-order valence-corrected chi connectivity index (χ1v) is 5.30. The van der Waals surface area contributed by atoms with Crippen molar-refractivity contribution in [2.24, 2.45) is 0 Å². The molecular formula is C11H7FN4O3. The Morgan fingerprint density at radius 1 is 1.47 bits per heavy atom. The Balaban J connectivity index is 1.82. The van der Waals surface area contributed by atoms with Crippen LogP contribution in [0, 0.1) is 5.82 Å². The van der Waals surface area contributed by atoms with E-state index >= 15 is 0 Å². The standard InChI is InChI=1S/C11H7FN4O3/c12-8-4-9-6(1-2-18-9)3-7(8)11(17)19-5-10-13-15-16-14-10/h1-4H,5H2,(H,13,14,15,16). The molecule has 0 bridgehead atoms. The second-order valence-corrected chi connectivity index (χ2v) is 3.69. The number of tetrazole rings is 1. The third-order valence-corrected chi connectivity index (χ3v) is 2.48. The normalized spacial score (nSPS) is 10.8. The highest BCUT2D eigenvalue weighted by Gasteiger charge is 2.16. The van der Waals surface area contributed by atoms with Crippen LogP contribution in [0.15, 0.2) is 28.9 Å². The van der Waals surface area contributed by atoms with Crippen molar-refractivity contribution in [2.45, 2.75) is 6.61 Å². The number of H-pyrrole nitrogens is 1. The lowest BCUT2D eigenvalue weighted by molar-refractivity contribution is 0.0457. The first-order chi connectivity index (χ1) is 9.24. The number of rotatable bonds is 3. The number of hydrogen-bond acceptors (Lipinski definition) is 6. The third-order valence-electron chi connectivity index (χ3n) is 2.48. The fourth-order valence-corrected chi connectivity index (χ4v) is 1.59. The molecule has 1 N–H and O–H groups in total. The molecule has 0 aliphatic carbocycles. The van der Waals surface area contributed by atoms with Gasteiger partial charge in [0.25, 0.3) is 0 Å². The minimum atomic E-state index is -0.801. The van der Waals surface area contributed by atoms with E-state index in [-0.39, 0.29) is 18.0 Å². The minimum Gasteiger partial charge on any atom is -0.464 e. The fourth-order valence-electron chi connectivity index (χ4n) is 1.59. The van der Waals surface area contributed by atoms with Gasteiger partial charge in [0.15, 0.2) is 6.61 Å². The first kappa shape index (κ1) is 11.3. The summed E-state index contributed by atoms with van der Waals surface area (Å²) in [4.78, 5) is 11.7. The van der Waals surface area contributed by atoms with Gasteiger partial charge in [-0.1, -0.05) is 5.21 Å². The van der Waals surface area contributed by atoms with Crippen LogP contribution in [0.25, 0.3) is 11.0 Å². The zero-order chi connectivity index (χ0) is 13.2. The molecule has 8 heteroatoms. The molecule has 7 nitrogen and oxygen atoms in total. The van der Waals surface area contributed by atoms with E-state index in [4.69, 9.17) is 9.15 Å². The number of benzene rings is 1. The van der Waals surface area contributed by atoms with Gasteiger partial charge >= 0.3 is 5.97 Å². The molecule has 0 amide bonds. The monoisotopic (exact) mass is 262 g/mol. The number of ether oxygens (including phenoxy) is 1. The van der Waals surface area contributed by atoms with Gasteiger partial charge in [0.05, 0.1) is 11.8 Å². The van der Waals surface area contributed by atoms with Gasteiger partial charge in [0.1, 0.15) is 11.4 Å². The summed E-state index contributed by atoms with van der Waals surface area (Å²) in [6.45, 7) is -0.182. The second kappa shape index (κ2) is 4.48. The molecule has 0 atom stereocenters. The van der Waals surface area contributed by atoms with Crippen molar-refractivity contribution in [3.8, 4) is 0 Å². The van der Waals surface area contributed by atoms with Gasteiger partial charge < -0.3 is 9.15 Å². The lowest BCUT2D eigenvalue weighted by atomic mass is 10.1. The van der Waals surface area contributed by atoms with Gasteiger partial charge in [0.2, 0.25) is 5.82 Å². The molecule has 1 aromatic carbocycles. The number of halogens is 1. The van der Waals surface area contributed by atoms with Crippen molar-refractivity contribution >= 4 is 16.9 Å². The summed E-state index contributed by atoms with van der Waals surface area (Å²) in [7, 11) is 0. The molecular weight excluding hydrogens is 255 g/mol. The number of fused-ring (bicyclic) bond motifs is 1. The van der Waals surface area contributed by atoms with Gasteiger partial charge in [-0.2, -0.15) is 5.21 Å². The Bertz CT molecular complexity index is 723. The van der Waals surface area contributed by atoms with E-state index < -0.39 is 11.8 Å². The maximum atomic E-state index is 13.7. The lowest BCUT2D eigenvalue weighted by Gasteiger charge is -2.03. The molecule has 0 spiro atoms. The van der Waals surface area contributed by atoms with E-state index in [1.807, 2.05) is 0 Å². The lowest BCUT2D eigenvalue weighted by Crippen LogP contribution is -2.08. The molecule has 3 aromatic rings. The molecule has 2 aromatic heterocycles. The number of aromatic amines is 1. The maximum absolute atomic E-state index is 13.7. The molecule has 2 heterocycles. The van der Waals surface area contributed by atoms with Crippen molar-refractivity contribution in [1.82, 2.24) is 20.6 Å². The number of nitrogens with one attached hydrogen (secondary N) is 1. The summed E-state index contributed by atoms with van der Waals surface area (Å²) >= 11 is 0. The van der Waals surface area contributed by atoms with Gasteiger partial charge in [-0.3, -0.25) is 0 Å². The molecule has 0 saturated carbocycles. The van der Waals surface area contributed by atoms with E-state index in [1.54, 1.807) is 6.07 Å². The smallest absolute Gasteiger partial charge is 0.341 e. The maximum Gasteiger partial charge on any atom is 0.341 e. The Morgan fingerprint density at radius 3 is 3.16 bits per heavy atom. The molecule has 96 valence electrons. The number of nitrogens with zero attached hydrogens (tertiary/aromatic N) is 3. The van der Waals surface area contributed by atoms with Crippen molar-refractivity contribution in [2.75, 3.05) is 0 Å². The SMILES string of the molecule is O=C(OCc1nn[nH]n1)c1cc2ccoc2cc1F. The van der Waals surface area contributed by atoms with Gasteiger partial charge in [-0.05, 0) is 12.1 Å². The van der Waals surface area contributed by atoms with Gasteiger partial charge in [-0.25, -0.2) is 9.18 Å². The van der Waals surface area contributed by atoms with Crippen LogP contribution in [0.1, 0.15) is 16.2 Å². The summed E-state index contributed by atoms with van der Waals surface area (Å²) in [5.41, 5.74) is 0.199. The van der Waals surface area contributed by atoms with E-state index in [1.165, 1.54) is 12.3 Å². The average Bonchev–Trinajstić information content (AvgIpc) is 3.05. The van der Waals surface area contributed by atoms with Crippen molar-refractivity contribution < 1.29 is 18.3 Å². The fraction of sp³-hybridized carbons (Fsp3) is 0.0909. The molecule has 3 rings (SSSR count). The highest BCUT2D eigenvalue weighted by Crippen LogP contribution is 2.21. The Labute approximate surface area is 105 Å². The Kier molecular flexibility index (Phi) is 2.67. The van der Waals surface area contributed by atoms with Crippen molar-refractivity contribution in [1.29, 1.82) is 0 Å². The average molecular weight is 262 g/mol. The molecule has 0 unspecified atom stereocenters. The number of carbonyl (C=O) groups excluding carboxylic acids is 1. The van der Waals surface area contributed by atoms with E-state index in [9.17, 15) is 9.18 Å². The van der Waals surface area contributed by atoms with Gasteiger partial charge in [-0.15, -0.1) is 10.2 Å². The molecule has 0 fully saturated rings. The minimum absolute atomic E-state index is 0.169. The van der Waals surface area contributed by atoms with Gasteiger partial charge in [0, 0.05) is 11.5 Å². The van der Waals surface area contributed by atoms with Crippen molar-refractivity contribution in [3.63, 3.8) is 0 Å². The number of furan rings is 1. The summed E-state index contributed by atoms with van der Waals surface area (Å²) < 4.78 is 23.6. The van der Waals surface area contributed by atoms with Crippen molar-refractivity contribution in [3.05, 3.63) is 41.7 Å². The highest BCUT2D eigenvalue weighted by molar-refractivity contribution is 5.94. The van der Waals surface area contributed by atoms with Crippen LogP contribution >= 0.6 is 0 Å². The molecule has 0 aliphatic rings. The quantitative estimate of drug-likeness (QED) is 0.718. The predicted octanol–water partition coefficient (Wildman–Crippen LogP) is 1.44. The van der Waals surface area contributed by atoms with Crippen LogP contribution in [0.2, 0.25) is 0 Å². The predicted molar refractivity (Wildman–Crippen MR) is 59.5 cm³/mol. The van der Waals surface area contributed by atoms with E-state index in [2.05, 4.69) is 20.6 Å². The molecule has 0 radical (unpaired) electrons. The van der Waals surface area contributed by atoms with Crippen LogP contribution in [0.5, 0.6) is 0 Å². The zero-order valence-corrected chi connectivity index (χ0v) is 9.46. The molecule has 0 aliphatic heterocycles. The zero-order valence-electron chi connectivity index (χ0n) is 9.46. The number of carbonyl (C=O) groups is 1. The van der Waals surface area contributed by atoms with Crippen LogP contribution in [0.3, 0.4) is 0 Å². The Hall–Kier alpha value is -2.77. The summed E-state index contributed by atoms with van der Waals surface area (Å²) in [5.74, 6) is -1.30. The summed E-state index contributed by atoms with van der Waals surface area (Å²) in [6, 6.07) is 4.14. The second-order valence-electron chi connectivity index (χ2n) is 3.69. The number of aromatic nitrogens is 4. The van der Waals surface area contributed by atoms with Crippen LogP contribution in [-0.2, 0) is 11.3 Å². The van der Waals surface area contributed by atoms with E-state index in [0.717, 1.165) is 6.07 Å². The summed E-state index contributed by atoms with van der Waals surface area (Å²) in [6.07, 6.45) is 1.42. The van der Waals surface area contributed by atoms with Crippen LogP contribution in [-0.4, -0.2) is 26.6 Å². The van der Waals surface area contributed by atoms with Crippen LogP contribution in [0.4, 0.5) is 4.39 Å².